The minimum absolute atomic E-state index is 0.0510. The van der Waals surface area contributed by atoms with Crippen molar-refractivity contribution in [1.29, 1.82) is 0 Å². The van der Waals surface area contributed by atoms with Crippen molar-refractivity contribution in [3.63, 3.8) is 0 Å². The number of benzene rings is 2. The smallest absolute Gasteiger partial charge is 0.227 e. The van der Waals surface area contributed by atoms with Crippen LogP contribution in [0.2, 0.25) is 10.0 Å². The fraction of sp³-hybridized carbons (Fsp3) is 0.194. The van der Waals surface area contributed by atoms with Crippen LogP contribution in [0.1, 0.15) is 44.3 Å². The van der Waals surface area contributed by atoms with Crippen LogP contribution in [0.15, 0.2) is 66.0 Å². The maximum Gasteiger partial charge on any atom is 0.227 e. The van der Waals surface area contributed by atoms with Gasteiger partial charge in [0.1, 0.15) is 17.9 Å². The Labute approximate surface area is 246 Å². The highest BCUT2D eigenvalue weighted by Gasteiger charge is 2.20. The molecule has 5 aromatic rings. The maximum atomic E-state index is 13.2. The lowest BCUT2D eigenvalue weighted by Gasteiger charge is -2.21. The van der Waals surface area contributed by atoms with Crippen LogP contribution in [0.5, 0.6) is 5.75 Å². The molecule has 0 fully saturated rings. The first-order valence-electron chi connectivity index (χ1n) is 12.7. The number of nitrogens with zero attached hydrogens (tertiary/aromatic N) is 2. The summed E-state index contributed by atoms with van der Waals surface area (Å²) < 4.78 is 6.12. The van der Waals surface area contributed by atoms with Crippen molar-refractivity contribution in [1.82, 2.24) is 9.97 Å². The van der Waals surface area contributed by atoms with Crippen LogP contribution in [-0.4, -0.2) is 28.7 Å². The van der Waals surface area contributed by atoms with Crippen molar-refractivity contribution < 1.29 is 14.3 Å². The monoisotopic (exact) mass is 591 g/mol. The van der Waals surface area contributed by atoms with E-state index in [1.165, 1.54) is 16.2 Å². The molecule has 40 heavy (non-hydrogen) atoms. The third kappa shape index (κ3) is 5.77. The van der Waals surface area contributed by atoms with Crippen molar-refractivity contribution in [2.24, 2.45) is 0 Å². The number of thiophene rings is 1. The van der Waals surface area contributed by atoms with E-state index in [1.54, 1.807) is 25.2 Å². The minimum Gasteiger partial charge on any atom is -0.487 e. The second-order valence-corrected chi connectivity index (χ2v) is 11.3. The number of rotatable bonds is 9. The van der Waals surface area contributed by atoms with E-state index >= 15 is 0 Å². The second kappa shape index (κ2) is 11.8. The molecule has 0 saturated carbocycles. The van der Waals surface area contributed by atoms with Gasteiger partial charge in [0.05, 0.1) is 21.3 Å². The van der Waals surface area contributed by atoms with Gasteiger partial charge in [-0.25, -0.2) is 4.98 Å². The molecule has 0 atom stereocenters. The summed E-state index contributed by atoms with van der Waals surface area (Å²) in [4.78, 5) is 35.9. The lowest BCUT2D eigenvalue weighted by atomic mass is 10.1. The molecule has 0 saturated heterocycles. The number of halogens is 2. The van der Waals surface area contributed by atoms with Crippen molar-refractivity contribution in [2.75, 3.05) is 11.9 Å². The van der Waals surface area contributed by atoms with Crippen LogP contribution in [0.3, 0.4) is 0 Å². The average Bonchev–Trinajstić information content (AvgIpc) is 3.61. The highest BCUT2D eigenvalue weighted by Crippen LogP contribution is 2.35. The Hall–Kier alpha value is -3.65. The average molecular weight is 593 g/mol. The van der Waals surface area contributed by atoms with Crippen molar-refractivity contribution in [3.05, 3.63) is 109 Å². The Bertz CT molecular complexity index is 1710. The number of ketones is 1. The highest BCUT2D eigenvalue weighted by atomic mass is 35.5. The van der Waals surface area contributed by atoms with E-state index in [0.29, 0.717) is 44.0 Å². The number of fused-ring (bicyclic) bond motifs is 1. The molecule has 0 spiro atoms. The van der Waals surface area contributed by atoms with E-state index in [0.717, 1.165) is 27.9 Å². The number of hydrogen-bond donors (Lipinski definition) is 1. The molecule has 6 nitrogen and oxygen atoms in total. The van der Waals surface area contributed by atoms with E-state index < -0.39 is 0 Å². The fourth-order valence-electron chi connectivity index (χ4n) is 4.52. The number of para-hydroxylation sites is 1. The molecule has 0 bridgehead atoms. The van der Waals surface area contributed by atoms with E-state index in [9.17, 15) is 9.59 Å². The fourth-order valence-corrected chi connectivity index (χ4v) is 5.80. The zero-order valence-corrected chi connectivity index (χ0v) is 24.6. The number of H-pyrrole nitrogens is 1. The Morgan fingerprint density at radius 2 is 1.88 bits per heavy atom. The van der Waals surface area contributed by atoms with Gasteiger partial charge in [0.25, 0.3) is 0 Å². The third-order valence-electron chi connectivity index (χ3n) is 6.80. The zero-order chi connectivity index (χ0) is 28.4. The summed E-state index contributed by atoms with van der Waals surface area (Å²) in [5, 5.41) is 3.65. The van der Waals surface area contributed by atoms with Gasteiger partial charge < -0.3 is 14.6 Å². The highest BCUT2D eigenvalue weighted by molar-refractivity contribution is 7.12. The molecule has 2 aromatic carbocycles. The Morgan fingerprint density at radius 1 is 1.05 bits per heavy atom. The van der Waals surface area contributed by atoms with Crippen molar-refractivity contribution in [2.45, 2.75) is 33.3 Å². The molecule has 5 rings (SSSR count). The largest absolute Gasteiger partial charge is 0.487 e. The van der Waals surface area contributed by atoms with E-state index in [-0.39, 0.29) is 24.7 Å². The minimum atomic E-state index is -0.120. The topological polar surface area (TPSA) is 75.3 Å². The SMILES string of the molecule is Cc1ccc2cccc(OCc3c(Cl)ccc(N(C)C(=O)CCc4[nH]c(C(=O)c5cccs5)cc4C)c3Cl)c2n1. The summed E-state index contributed by atoms with van der Waals surface area (Å²) in [6.45, 7) is 3.98. The standard InChI is InChI=1S/C31H27Cl2N3O3S/c1-18-16-24(31(38)27-8-5-15-40-27)35-23(18)12-14-28(37)36(3)25-13-11-22(32)21(29(25)33)17-39-26-7-4-6-20-10-9-19(2)34-30(20)26/h4-11,13,15-16,35H,12,14,17H2,1-3H3. The van der Waals surface area contributed by atoms with Gasteiger partial charge in [-0.05, 0) is 67.6 Å². The molecule has 0 unspecified atom stereocenters. The van der Waals surface area contributed by atoms with Crippen LogP contribution < -0.4 is 9.64 Å². The molecule has 0 aliphatic rings. The number of anilines is 1. The molecule has 9 heteroatoms. The second-order valence-electron chi connectivity index (χ2n) is 9.53. The normalized spacial score (nSPS) is 11.1. The van der Waals surface area contributed by atoms with Crippen molar-refractivity contribution >= 4 is 62.8 Å². The van der Waals surface area contributed by atoms with Gasteiger partial charge in [-0.3, -0.25) is 9.59 Å². The molecule has 0 aliphatic carbocycles. The maximum absolute atomic E-state index is 13.2. The van der Waals surface area contributed by atoms with E-state index in [1.807, 2.05) is 61.7 Å². The lowest BCUT2D eigenvalue weighted by molar-refractivity contribution is -0.118. The molecular weight excluding hydrogens is 565 g/mol. The third-order valence-corrected chi connectivity index (χ3v) is 8.44. The number of aryl methyl sites for hydroxylation is 3. The van der Waals surface area contributed by atoms with Crippen LogP contribution in [-0.2, 0) is 17.8 Å². The predicted molar refractivity (Wildman–Crippen MR) is 162 cm³/mol. The van der Waals surface area contributed by atoms with Crippen LogP contribution in [0.4, 0.5) is 5.69 Å². The van der Waals surface area contributed by atoms with Gasteiger partial charge in [-0.2, -0.15) is 0 Å². The molecule has 0 aliphatic heterocycles. The Morgan fingerprint density at radius 3 is 2.65 bits per heavy atom. The Balaban J connectivity index is 1.28. The molecule has 1 amide bonds. The van der Waals surface area contributed by atoms with Gasteiger partial charge in [0.15, 0.2) is 0 Å². The molecule has 1 N–H and O–H groups in total. The van der Waals surface area contributed by atoms with Gasteiger partial charge >= 0.3 is 0 Å². The van der Waals surface area contributed by atoms with Gasteiger partial charge in [0, 0.05) is 40.8 Å². The first-order chi connectivity index (χ1) is 19.2. The molecule has 0 radical (unpaired) electrons. The van der Waals surface area contributed by atoms with Crippen LogP contribution >= 0.6 is 34.5 Å². The van der Waals surface area contributed by atoms with E-state index in [4.69, 9.17) is 27.9 Å². The number of ether oxygens (including phenoxy) is 1. The van der Waals surface area contributed by atoms with Crippen molar-refractivity contribution in [3.8, 4) is 5.75 Å². The van der Waals surface area contributed by atoms with Gasteiger partial charge in [0.2, 0.25) is 11.7 Å². The molecular formula is C31H27Cl2N3O3S. The summed E-state index contributed by atoms with van der Waals surface area (Å²) in [7, 11) is 1.69. The summed E-state index contributed by atoms with van der Waals surface area (Å²) in [6, 6.07) is 18.6. The first-order valence-corrected chi connectivity index (χ1v) is 14.4. The predicted octanol–water partition coefficient (Wildman–Crippen LogP) is 7.95. The van der Waals surface area contributed by atoms with Gasteiger partial charge in [-0.1, -0.05) is 47.5 Å². The summed E-state index contributed by atoms with van der Waals surface area (Å²) in [5.41, 5.74) is 5.10. The van der Waals surface area contributed by atoms with Crippen LogP contribution in [0.25, 0.3) is 10.9 Å². The lowest BCUT2D eigenvalue weighted by Crippen LogP contribution is -2.27. The number of hydrogen-bond acceptors (Lipinski definition) is 5. The van der Waals surface area contributed by atoms with E-state index in [2.05, 4.69) is 9.97 Å². The number of aromatic nitrogens is 2. The molecule has 3 heterocycles. The number of carbonyl (C=O) groups is 2. The number of carbonyl (C=O) groups excluding carboxylic acids is 2. The molecule has 3 aromatic heterocycles. The summed E-state index contributed by atoms with van der Waals surface area (Å²) in [5.74, 6) is 0.455. The first kappa shape index (κ1) is 27.9. The summed E-state index contributed by atoms with van der Waals surface area (Å²) in [6.07, 6.45) is 0.692. The Kier molecular flexibility index (Phi) is 8.26. The quantitative estimate of drug-likeness (QED) is 0.176. The number of pyridine rings is 1. The number of nitrogens with one attached hydrogen (secondary N) is 1. The van der Waals surface area contributed by atoms with Crippen LogP contribution in [0, 0.1) is 13.8 Å². The molecule has 204 valence electrons. The number of amides is 1. The summed E-state index contributed by atoms with van der Waals surface area (Å²) >= 11 is 14.7. The van der Waals surface area contributed by atoms with Gasteiger partial charge in [-0.15, -0.1) is 11.3 Å². The zero-order valence-electron chi connectivity index (χ0n) is 22.3. The number of aromatic amines is 1.